The largest absolute Gasteiger partial charge is 0.325 e. The van der Waals surface area contributed by atoms with E-state index in [9.17, 15) is 9.59 Å². The van der Waals surface area contributed by atoms with Gasteiger partial charge < -0.3 is 10.6 Å². The van der Waals surface area contributed by atoms with Gasteiger partial charge in [0.1, 0.15) is 0 Å². The molecule has 2 aromatic rings. The second-order valence-electron chi connectivity index (χ2n) is 6.09. The molecule has 0 saturated carbocycles. The van der Waals surface area contributed by atoms with Gasteiger partial charge in [0, 0.05) is 11.6 Å². The van der Waals surface area contributed by atoms with Gasteiger partial charge in [0.25, 0.3) is 0 Å². The van der Waals surface area contributed by atoms with Gasteiger partial charge in [0.2, 0.25) is 16.9 Å². The van der Waals surface area contributed by atoms with Gasteiger partial charge in [-0.05, 0) is 49.9 Å². The average molecular weight is 393 g/mol. The summed E-state index contributed by atoms with van der Waals surface area (Å²) < 4.78 is 0.653. The monoisotopic (exact) mass is 392 g/mol. The maximum atomic E-state index is 12.1. The van der Waals surface area contributed by atoms with E-state index in [0.29, 0.717) is 9.47 Å². The van der Waals surface area contributed by atoms with Gasteiger partial charge in [0.05, 0.1) is 5.75 Å². The number of carbonyl (C=O) groups is 2. The van der Waals surface area contributed by atoms with Crippen molar-refractivity contribution in [2.45, 2.75) is 44.9 Å². The van der Waals surface area contributed by atoms with E-state index in [1.54, 1.807) is 0 Å². The summed E-state index contributed by atoms with van der Waals surface area (Å²) in [5.41, 5.74) is 3.01. The van der Waals surface area contributed by atoms with Crippen LogP contribution < -0.4 is 10.6 Å². The van der Waals surface area contributed by atoms with E-state index in [0.717, 1.165) is 29.7 Å². The van der Waals surface area contributed by atoms with Crippen molar-refractivity contribution in [3.05, 3.63) is 29.3 Å². The highest BCUT2D eigenvalue weighted by Crippen LogP contribution is 2.26. The Bertz CT molecular complexity index is 752. The normalized spacial score (nSPS) is 10.8. The molecular formula is C18H24N4O2S2. The van der Waals surface area contributed by atoms with Gasteiger partial charge in [-0.25, -0.2) is 0 Å². The average Bonchev–Trinajstić information content (AvgIpc) is 3.00. The predicted molar refractivity (Wildman–Crippen MR) is 108 cm³/mol. The minimum absolute atomic E-state index is 0.0152. The summed E-state index contributed by atoms with van der Waals surface area (Å²) in [4.78, 5) is 24.2. The zero-order valence-electron chi connectivity index (χ0n) is 15.5. The Labute approximate surface area is 162 Å². The molecule has 0 aliphatic carbocycles. The number of aryl methyl sites for hydroxylation is 2. The fourth-order valence-corrected chi connectivity index (χ4v) is 4.11. The Morgan fingerprint density at radius 3 is 2.35 bits per heavy atom. The molecule has 26 heavy (non-hydrogen) atoms. The van der Waals surface area contributed by atoms with Crippen molar-refractivity contribution < 1.29 is 9.59 Å². The molecule has 0 aliphatic rings. The van der Waals surface area contributed by atoms with E-state index in [1.807, 2.05) is 39.8 Å². The molecule has 0 spiro atoms. The van der Waals surface area contributed by atoms with Crippen molar-refractivity contribution >= 4 is 45.7 Å². The summed E-state index contributed by atoms with van der Waals surface area (Å²) in [5, 5.41) is 14.2. The number of amides is 2. The molecular weight excluding hydrogens is 368 g/mol. The van der Waals surface area contributed by atoms with Crippen LogP contribution in [0.4, 0.5) is 10.8 Å². The first-order valence-electron chi connectivity index (χ1n) is 8.56. The zero-order valence-corrected chi connectivity index (χ0v) is 17.1. The first-order valence-corrected chi connectivity index (χ1v) is 10.4. The third kappa shape index (κ3) is 6.10. The summed E-state index contributed by atoms with van der Waals surface area (Å²) in [6, 6.07) is 5.93. The highest BCUT2D eigenvalue weighted by Gasteiger charge is 2.16. The van der Waals surface area contributed by atoms with Crippen molar-refractivity contribution in [3.8, 4) is 0 Å². The van der Waals surface area contributed by atoms with Crippen LogP contribution in [0.1, 0.15) is 37.8 Å². The molecule has 0 fully saturated rings. The van der Waals surface area contributed by atoms with Crippen LogP contribution in [0.2, 0.25) is 0 Å². The summed E-state index contributed by atoms with van der Waals surface area (Å²) in [6.07, 6.45) is 1.59. The number of thioether (sulfide) groups is 1. The van der Waals surface area contributed by atoms with Crippen LogP contribution in [-0.2, 0) is 9.59 Å². The molecule has 0 atom stereocenters. The third-order valence-corrected chi connectivity index (χ3v) is 5.80. The second-order valence-corrected chi connectivity index (χ2v) is 8.29. The molecule has 2 N–H and O–H groups in total. The van der Waals surface area contributed by atoms with Crippen LogP contribution in [0, 0.1) is 19.8 Å². The van der Waals surface area contributed by atoms with Crippen LogP contribution in [0.3, 0.4) is 0 Å². The molecule has 2 rings (SSSR count). The number of anilines is 2. The second kappa shape index (κ2) is 9.68. The molecule has 1 aromatic heterocycles. The van der Waals surface area contributed by atoms with Gasteiger partial charge in [-0.15, -0.1) is 10.2 Å². The van der Waals surface area contributed by atoms with Crippen molar-refractivity contribution in [2.24, 2.45) is 5.92 Å². The van der Waals surface area contributed by atoms with Gasteiger partial charge in [0.15, 0.2) is 4.34 Å². The number of carbonyl (C=O) groups excluding carboxylic acids is 2. The molecule has 140 valence electrons. The van der Waals surface area contributed by atoms with E-state index in [-0.39, 0.29) is 23.5 Å². The lowest BCUT2D eigenvalue weighted by Crippen LogP contribution is -2.21. The topological polar surface area (TPSA) is 84.0 Å². The van der Waals surface area contributed by atoms with E-state index in [2.05, 4.69) is 26.9 Å². The Balaban J connectivity index is 1.85. The number of nitrogens with zero attached hydrogens (tertiary/aromatic N) is 2. The lowest BCUT2D eigenvalue weighted by atomic mass is 10.0. The molecule has 1 aromatic carbocycles. The van der Waals surface area contributed by atoms with Crippen molar-refractivity contribution in [3.63, 3.8) is 0 Å². The van der Waals surface area contributed by atoms with Gasteiger partial charge in [-0.3, -0.25) is 9.59 Å². The lowest BCUT2D eigenvalue weighted by Gasteiger charge is -2.09. The Morgan fingerprint density at radius 1 is 1.08 bits per heavy atom. The van der Waals surface area contributed by atoms with Crippen LogP contribution in [0.15, 0.2) is 22.5 Å². The Kier molecular flexibility index (Phi) is 7.59. The Morgan fingerprint density at radius 2 is 1.73 bits per heavy atom. The summed E-state index contributed by atoms with van der Waals surface area (Å²) in [7, 11) is 0. The van der Waals surface area contributed by atoms with E-state index >= 15 is 0 Å². The summed E-state index contributed by atoms with van der Waals surface area (Å²) in [5.74, 6) is 0.0916. The van der Waals surface area contributed by atoms with Crippen LogP contribution >= 0.6 is 23.1 Å². The van der Waals surface area contributed by atoms with E-state index < -0.39 is 0 Å². The lowest BCUT2D eigenvalue weighted by molar-refractivity contribution is -0.120. The smallest absolute Gasteiger partial charge is 0.234 e. The van der Waals surface area contributed by atoms with Crippen molar-refractivity contribution in [2.75, 3.05) is 16.4 Å². The van der Waals surface area contributed by atoms with Gasteiger partial charge >= 0.3 is 0 Å². The molecule has 0 unspecified atom stereocenters. The molecule has 0 saturated heterocycles. The summed E-state index contributed by atoms with van der Waals surface area (Å²) >= 11 is 2.59. The van der Waals surface area contributed by atoms with E-state index in [4.69, 9.17) is 0 Å². The van der Waals surface area contributed by atoms with E-state index in [1.165, 1.54) is 23.1 Å². The zero-order chi connectivity index (χ0) is 19.1. The van der Waals surface area contributed by atoms with Gasteiger partial charge in [-0.1, -0.05) is 43.0 Å². The van der Waals surface area contributed by atoms with Gasteiger partial charge in [-0.2, -0.15) is 0 Å². The molecule has 0 radical (unpaired) electrons. The number of aromatic nitrogens is 2. The first-order chi connectivity index (χ1) is 12.4. The third-order valence-electron chi connectivity index (χ3n) is 3.83. The molecule has 1 heterocycles. The maximum absolute atomic E-state index is 12.1. The Hall–Kier alpha value is -1.93. The molecule has 0 bridgehead atoms. The molecule has 6 nitrogen and oxygen atoms in total. The highest BCUT2D eigenvalue weighted by molar-refractivity contribution is 8.01. The number of hydrogen-bond acceptors (Lipinski definition) is 6. The fraction of sp³-hybridized carbons (Fsp3) is 0.444. The maximum Gasteiger partial charge on any atom is 0.234 e. The van der Waals surface area contributed by atoms with Crippen LogP contribution in [-0.4, -0.2) is 27.8 Å². The minimum Gasteiger partial charge on any atom is -0.325 e. The number of hydrogen-bond donors (Lipinski definition) is 2. The molecule has 8 heteroatoms. The van der Waals surface area contributed by atoms with Crippen molar-refractivity contribution in [1.29, 1.82) is 0 Å². The first kappa shape index (κ1) is 20.4. The minimum atomic E-state index is -0.0992. The standard InChI is InChI=1S/C18H24N4O2S2/c1-5-13(6-2)16(24)20-17-21-22-18(26-17)25-10-15(23)19-14-8-11(3)7-12(4)9-14/h7-9,13H,5-6,10H2,1-4H3,(H,19,23)(H,20,21,24). The quantitative estimate of drug-likeness (QED) is 0.518. The highest BCUT2D eigenvalue weighted by atomic mass is 32.2. The summed E-state index contributed by atoms with van der Waals surface area (Å²) in [6.45, 7) is 7.97. The molecule has 2 amide bonds. The number of benzene rings is 1. The number of nitrogens with one attached hydrogen (secondary N) is 2. The van der Waals surface area contributed by atoms with Crippen LogP contribution in [0.25, 0.3) is 0 Å². The molecule has 0 aliphatic heterocycles. The SMILES string of the molecule is CCC(CC)C(=O)Nc1nnc(SCC(=O)Nc2cc(C)cc(C)c2)s1. The predicted octanol–water partition coefficient (Wildman–Crippen LogP) is 4.26. The number of rotatable bonds is 8. The van der Waals surface area contributed by atoms with Crippen LogP contribution in [0.5, 0.6) is 0 Å². The fourth-order valence-electron chi connectivity index (χ4n) is 2.56. The van der Waals surface area contributed by atoms with Crippen molar-refractivity contribution in [1.82, 2.24) is 10.2 Å².